The maximum absolute atomic E-state index is 11.1. The van der Waals surface area contributed by atoms with Crippen LogP contribution >= 0.6 is 11.8 Å². The molecule has 4 heteroatoms. The molecule has 2 atom stereocenters. The third kappa shape index (κ3) is 2.97. The summed E-state index contributed by atoms with van der Waals surface area (Å²) in [6, 6.07) is 0.559. The second-order valence-electron chi connectivity index (χ2n) is 6.00. The number of carboxylic acid groups (broad SMARTS) is 1. The van der Waals surface area contributed by atoms with Crippen molar-refractivity contribution in [1.29, 1.82) is 0 Å². The maximum atomic E-state index is 11.1. The van der Waals surface area contributed by atoms with Crippen LogP contribution in [0.1, 0.15) is 33.1 Å². The number of carboxylic acids is 1. The number of likely N-dealkylation sites (tertiary alicyclic amines) is 1. The quantitative estimate of drug-likeness (QED) is 0.824. The van der Waals surface area contributed by atoms with Crippen LogP contribution in [0.3, 0.4) is 0 Å². The molecule has 2 fully saturated rings. The minimum absolute atomic E-state index is 0.147. The number of carbonyl (C=O) groups is 1. The Bertz CT molecular complexity index is 293. The van der Waals surface area contributed by atoms with Crippen molar-refractivity contribution in [2.75, 3.05) is 24.6 Å². The van der Waals surface area contributed by atoms with Crippen LogP contribution in [0.4, 0.5) is 0 Å². The van der Waals surface area contributed by atoms with Crippen molar-refractivity contribution in [3.05, 3.63) is 0 Å². The third-order valence-electron chi connectivity index (χ3n) is 4.31. The van der Waals surface area contributed by atoms with Gasteiger partial charge in [0.15, 0.2) is 0 Å². The van der Waals surface area contributed by atoms with E-state index in [0.717, 1.165) is 25.9 Å². The lowest BCUT2D eigenvalue weighted by molar-refractivity contribution is -0.144. The highest BCUT2D eigenvalue weighted by atomic mass is 32.2. The highest BCUT2D eigenvalue weighted by Gasteiger charge is 2.39. The lowest BCUT2D eigenvalue weighted by atomic mass is 9.80. The summed E-state index contributed by atoms with van der Waals surface area (Å²) in [7, 11) is 0. The van der Waals surface area contributed by atoms with Crippen LogP contribution in [-0.4, -0.2) is 46.6 Å². The van der Waals surface area contributed by atoms with Crippen LogP contribution < -0.4 is 0 Å². The van der Waals surface area contributed by atoms with Crippen molar-refractivity contribution < 1.29 is 9.90 Å². The fourth-order valence-electron chi connectivity index (χ4n) is 3.01. The molecule has 2 saturated heterocycles. The van der Waals surface area contributed by atoms with Gasteiger partial charge in [0.05, 0.1) is 5.92 Å². The predicted octanol–water partition coefficient (Wildman–Crippen LogP) is 2.31. The Kier molecular flexibility index (Phi) is 4.03. The largest absolute Gasteiger partial charge is 0.481 e. The first-order chi connectivity index (χ1) is 8.00. The summed E-state index contributed by atoms with van der Waals surface area (Å²) < 4.78 is 0. The molecule has 2 aliphatic heterocycles. The Hall–Kier alpha value is -0.220. The van der Waals surface area contributed by atoms with E-state index in [9.17, 15) is 4.79 Å². The molecule has 0 aromatic carbocycles. The average molecular weight is 257 g/mol. The molecule has 2 unspecified atom stereocenters. The van der Waals surface area contributed by atoms with Crippen LogP contribution in [0.15, 0.2) is 0 Å². The van der Waals surface area contributed by atoms with Crippen LogP contribution in [-0.2, 0) is 4.79 Å². The predicted molar refractivity (Wildman–Crippen MR) is 71.4 cm³/mol. The number of hydrogen-bond acceptors (Lipinski definition) is 3. The molecule has 0 saturated carbocycles. The van der Waals surface area contributed by atoms with Gasteiger partial charge >= 0.3 is 5.97 Å². The van der Waals surface area contributed by atoms with Crippen molar-refractivity contribution >= 4 is 17.7 Å². The van der Waals surface area contributed by atoms with Crippen LogP contribution in [0.5, 0.6) is 0 Å². The molecule has 3 nitrogen and oxygen atoms in total. The summed E-state index contributed by atoms with van der Waals surface area (Å²) in [5.41, 5.74) is 0.339. The van der Waals surface area contributed by atoms with E-state index in [0.29, 0.717) is 11.5 Å². The molecule has 0 bridgehead atoms. The van der Waals surface area contributed by atoms with Gasteiger partial charge in [-0.05, 0) is 37.0 Å². The smallest absolute Gasteiger partial charge is 0.307 e. The molecule has 0 aliphatic carbocycles. The Balaban J connectivity index is 2.03. The zero-order chi connectivity index (χ0) is 12.5. The Morgan fingerprint density at radius 1 is 1.47 bits per heavy atom. The first kappa shape index (κ1) is 13.2. The van der Waals surface area contributed by atoms with Crippen molar-refractivity contribution in [2.24, 2.45) is 11.3 Å². The molecule has 0 aromatic rings. The second-order valence-corrected chi connectivity index (χ2v) is 7.15. The van der Waals surface area contributed by atoms with Gasteiger partial charge in [-0.3, -0.25) is 9.69 Å². The molecule has 17 heavy (non-hydrogen) atoms. The highest BCUT2D eigenvalue weighted by Crippen LogP contribution is 2.38. The lowest BCUT2D eigenvalue weighted by Gasteiger charge is -2.47. The van der Waals surface area contributed by atoms with E-state index in [-0.39, 0.29) is 5.92 Å². The molecular formula is C13H23NO2S. The van der Waals surface area contributed by atoms with Gasteiger partial charge in [-0.25, -0.2) is 0 Å². The third-order valence-corrected chi connectivity index (χ3v) is 5.36. The minimum Gasteiger partial charge on any atom is -0.481 e. The molecule has 0 amide bonds. The van der Waals surface area contributed by atoms with Crippen LogP contribution in [0.25, 0.3) is 0 Å². The van der Waals surface area contributed by atoms with Gasteiger partial charge in [-0.15, -0.1) is 0 Å². The average Bonchev–Trinajstić information content (AvgIpc) is 2.28. The van der Waals surface area contributed by atoms with E-state index in [1.165, 1.54) is 17.9 Å². The van der Waals surface area contributed by atoms with Gasteiger partial charge in [0.1, 0.15) is 0 Å². The SMILES string of the molecule is CC1(C)CCSCC1N1CCCC(C(=O)O)C1. The standard InChI is InChI=1S/C13H23NO2S/c1-13(2)5-7-17-9-11(13)14-6-3-4-10(8-14)12(15)16/h10-11H,3-9H2,1-2H3,(H,15,16). The van der Waals surface area contributed by atoms with Gasteiger partial charge < -0.3 is 5.11 Å². The Morgan fingerprint density at radius 3 is 2.88 bits per heavy atom. The number of aliphatic carboxylic acids is 1. The van der Waals surface area contributed by atoms with Crippen LogP contribution in [0, 0.1) is 11.3 Å². The zero-order valence-corrected chi connectivity index (χ0v) is 11.6. The van der Waals surface area contributed by atoms with Crippen molar-refractivity contribution in [2.45, 2.75) is 39.2 Å². The number of rotatable bonds is 2. The number of nitrogens with zero attached hydrogens (tertiary/aromatic N) is 1. The molecule has 2 aliphatic rings. The maximum Gasteiger partial charge on any atom is 0.307 e. The van der Waals surface area contributed by atoms with Gasteiger partial charge in [0.25, 0.3) is 0 Å². The molecule has 0 aromatic heterocycles. The second kappa shape index (κ2) is 5.19. The van der Waals surface area contributed by atoms with Gasteiger partial charge in [-0.2, -0.15) is 11.8 Å². The normalized spacial score (nSPS) is 34.5. The molecular weight excluding hydrogens is 234 g/mol. The van der Waals surface area contributed by atoms with E-state index in [4.69, 9.17) is 5.11 Å². The summed E-state index contributed by atoms with van der Waals surface area (Å²) in [6.07, 6.45) is 3.14. The number of thioether (sulfide) groups is 1. The fraction of sp³-hybridized carbons (Fsp3) is 0.923. The Labute approximate surface area is 108 Å². The molecule has 0 radical (unpaired) electrons. The number of hydrogen-bond donors (Lipinski definition) is 1. The first-order valence-electron chi connectivity index (χ1n) is 6.55. The van der Waals surface area contributed by atoms with Gasteiger partial charge in [0.2, 0.25) is 0 Å². The molecule has 2 rings (SSSR count). The molecule has 0 spiro atoms. The van der Waals surface area contributed by atoms with Gasteiger partial charge in [-0.1, -0.05) is 13.8 Å². The topological polar surface area (TPSA) is 40.5 Å². The van der Waals surface area contributed by atoms with Crippen molar-refractivity contribution in [1.82, 2.24) is 4.90 Å². The van der Waals surface area contributed by atoms with E-state index >= 15 is 0 Å². The molecule has 98 valence electrons. The fourth-order valence-corrected chi connectivity index (χ4v) is 4.74. The lowest BCUT2D eigenvalue weighted by Crippen LogP contribution is -2.53. The van der Waals surface area contributed by atoms with Crippen molar-refractivity contribution in [3.8, 4) is 0 Å². The van der Waals surface area contributed by atoms with Gasteiger partial charge in [0, 0.05) is 18.3 Å². The van der Waals surface area contributed by atoms with E-state index in [1.54, 1.807) is 0 Å². The first-order valence-corrected chi connectivity index (χ1v) is 7.71. The summed E-state index contributed by atoms with van der Waals surface area (Å²) >= 11 is 2.02. The highest BCUT2D eigenvalue weighted by molar-refractivity contribution is 7.99. The summed E-state index contributed by atoms with van der Waals surface area (Å²) in [6.45, 7) is 6.51. The summed E-state index contributed by atoms with van der Waals surface area (Å²) in [5, 5.41) is 9.15. The van der Waals surface area contributed by atoms with Crippen LogP contribution in [0.2, 0.25) is 0 Å². The van der Waals surface area contributed by atoms with Crippen molar-refractivity contribution in [3.63, 3.8) is 0 Å². The molecule has 2 heterocycles. The van der Waals surface area contributed by atoms with E-state index in [1.807, 2.05) is 11.8 Å². The zero-order valence-electron chi connectivity index (χ0n) is 10.8. The van der Waals surface area contributed by atoms with E-state index < -0.39 is 5.97 Å². The van der Waals surface area contributed by atoms with E-state index in [2.05, 4.69) is 18.7 Å². The monoisotopic (exact) mass is 257 g/mol. The Morgan fingerprint density at radius 2 is 2.24 bits per heavy atom. The summed E-state index contributed by atoms with van der Waals surface area (Å²) in [5.74, 6) is 1.65. The molecule has 1 N–H and O–H groups in total. The summed E-state index contributed by atoms with van der Waals surface area (Å²) in [4.78, 5) is 13.6. The minimum atomic E-state index is -0.615. The number of piperidine rings is 1.